The van der Waals surface area contributed by atoms with E-state index in [0.717, 1.165) is 18.2 Å². The van der Waals surface area contributed by atoms with Crippen molar-refractivity contribution in [3.63, 3.8) is 0 Å². The second kappa shape index (κ2) is 12.1. The molecule has 9 heteroatoms. The minimum atomic E-state index is -1.19. The van der Waals surface area contributed by atoms with Crippen LogP contribution in [0.5, 0.6) is 11.5 Å². The van der Waals surface area contributed by atoms with Crippen LogP contribution in [0.3, 0.4) is 0 Å². The van der Waals surface area contributed by atoms with Gasteiger partial charge in [-0.15, -0.1) is 0 Å². The first-order valence-electron chi connectivity index (χ1n) is 8.42. The number of nitrogens with one attached hydrogen (secondary N) is 1. The average molecular weight is 399 g/mol. The van der Waals surface area contributed by atoms with Gasteiger partial charge in [0.2, 0.25) is 0 Å². The molecule has 0 saturated heterocycles. The number of aliphatic carboxylic acids is 1. The minimum absolute atomic E-state index is 0.0389. The van der Waals surface area contributed by atoms with E-state index in [2.05, 4.69) is 5.32 Å². The summed E-state index contributed by atoms with van der Waals surface area (Å²) >= 11 is 1.11. The number of thioether (sulfide) groups is 1. The van der Waals surface area contributed by atoms with Crippen molar-refractivity contribution in [2.24, 2.45) is 0 Å². The maximum atomic E-state index is 12.3. The fourth-order valence-electron chi connectivity index (χ4n) is 2.03. The lowest BCUT2D eigenvalue weighted by Crippen LogP contribution is -2.43. The molecular formula is C18H25NO7S. The number of hydrogen-bond acceptors (Lipinski definition) is 7. The number of amides is 1. The third kappa shape index (κ3) is 7.78. The molecule has 0 fully saturated rings. The van der Waals surface area contributed by atoms with Crippen LogP contribution < -0.4 is 14.8 Å². The predicted molar refractivity (Wildman–Crippen MR) is 102 cm³/mol. The van der Waals surface area contributed by atoms with Crippen LogP contribution in [0.15, 0.2) is 18.2 Å². The van der Waals surface area contributed by atoms with Crippen molar-refractivity contribution in [1.29, 1.82) is 0 Å². The van der Waals surface area contributed by atoms with Crippen LogP contribution in [0.4, 0.5) is 4.79 Å². The average Bonchev–Trinajstić information content (AvgIpc) is 2.66. The fraction of sp³-hybridized carbons (Fsp3) is 0.500. The highest BCUT2D eigenvalue weighted by molar-refractivity contribution is 8.00. The Balaban J connectivity index is 2.54. The Morgan fingerprint density at radius 3 is 2.48 bits per heavy atom. The molecule has 27 heavy (non-hydrogen) atoms. The van der Waals surface area contributed by atoms with E-state index >= 15 is 0 Å². The Morgan fingerprint density at radius 1 is 1.19 bits per heavy atom. The van der Waals surface area contributed by atoms with Gasteiger partial charge in [-0.2, -0.15) is 11.8 Å². The van der Waals surface area contributed by atoms with Gasteiger partial charge in [0.25, 0.3) is 0 Å². The molecule has 0 bridgehead atoms. The number of carbonyl (C=O) groups excluding carboxylic acids is 2. The molecule has 150 valence electrons. The van der Waals surface area contributed by atoms with Crippen molar-refractivity contribution in [1.82, 2.24) is 5.32 Å². The number of methoxy groups -OCH3 is 2. The lowest BCUT2D eigenvalue weighted by molar-refractivity contribution is -0.138. The number of ketones is 1. The standard InChI is InChI=1S/C18H25NO7S/c1-4-5-8-26-18(23)19-13(17(21)22)10-27-11-14(20)12-6-7-15(24-2)16(9-12)25-3/h6-7,9,13H,4-5,8,10-11H2,1-3H3,(H,19,23)(H,21,22). The summed E-state index contributed by atoms with van der Waals surface area (Å²) in [5.74, 6) is -0.320. The fourth-order valence-corrected chi connectivity index (χ4v) is 2.96. The number of hydrogen-bond donors (Lipinski definition) is 2. The Hall–Kier alpha value is -2.42. The summed E-state index contributed by atoms with van der Waals surface area (Å²) in [5.41, 5.74) is 0.430. The summed E-state index contributed by atoms with van der Waals surface area (Å²) < 4.78 is 15.2. The molecule has 8 nitrogen and oxygen atoms in total. The van der Waals surface area contributed by atoms with Crippen LogP contribution in [0.1, 0.15) is 30.1 Å². The third-order valence-electron chi connectivity index (χ3n) is 3.54. The maximum Gasteiger partial charge on any atom is 0.407 e. The number of benzene rings is 1. The van der Waals surface area contributed by atoms with E-state index in [1.54, 1.807) is 18.2 Å². The van der Waals surface area contributed by atoms with E-state index in [4.69, 9.17) is 14.2 Å². The zero-order chi connectivity index (χ0) is 20.2. The smallest absolute Gasteiger partial charge is 0.407 e. The molecule has 1 aromatic rings. The molecule has 0 saturated carbocycles. The normalized spacial score (nSPS) is 11.4. The molecule has 1 aromatic carbocycles. The first-order chi connectivity index (χ1) is 12.9. The number of ether oxygens (including phenoxy) is 3. The second-order valence-electron chi connectivity index (χ2n) is 5.53. The van der Waals surface area contributed by atoms with Gasteiger partial charge in [-0.25, -0.2) is 9.59 Å². The van der Waals surface area contributed by atoms with Gasteiger partial charge < -0.3 is 24.6 Å². The van der Waals surface area contributed by atoms with Gasteiger partial charge in [0.05, 0.1) is 26.6 Å². The van der Waals surface area contributed by atoms with E-state index in [0.29, 0.717) is 23.5 Å². The topological polar surface area (TPSA) is 111 Å². The third-order valence-corrected chi connectivity index (χ3v) is 4.58. The van der Waals surface area contributed by atoms with E-state index in [1.165, 1.54) is 14.2 Å². The van der Waals surface area contributed by atoms with Crippen LogP contribution >= 0.6 is 11.8 Å². The molecule has 2 N–H and O–H groups in total. The molecule has 1 rings (SSSR count). The van der Waals surface area contributed by atoms with Gasteiger partial charge >= 0.3 is 12.1 Å². The minimum Gasteiger partial charge on any atom is -0.493 e. The van der Waals surface area contributed by atoms with E-state index < -0.39 is 18.1 Å². The molecule has 1 unspecified atom stereocenters. The Kier molecular flexibility index (Phi) is 10.1. The number of carboxylic acid groups (broad SMARTS) is 1. The molecule has 0 aromatic heterocycles. The Bertz CT molecular complexity index is 651. The predicted octanol–water partition coefficient (Wildman–Crippen LogP) is 2.60. The molecule has 1 atom stereocenters. The van der Waals surface area contributed by atoms with Gasteiger partial charge in [-0.3, -0.25) is 4.79 Å². The summed E-state index contributed by atoms with van der Waals surface area (Å²) in [6, 6.07) is 3.68. The molecular weight excluding hydrogens is 374 g/mol. The van der Waals surface area contributed by atoms with E-state index in [9.17, 15) is 19.5 Å². The Morgan fingerprint density at radius 2 is 1.89 bits per heavy atom. The van der Waals surface area contributed by atoms with E-state index in [-0.39, 0.29) is 23.9 Å². The molecule has 0 aliphatic rings. The van der Waals surface area contributed by atoms with Gasteiger partial charge in [0.15, 0.2) is 17.3 Å². The van der Waals surface area contributed by atoms with Gasteiger partial charge in [0.1, 0.15) is 6.04 Å². The SMILES string of the molecule is CCCCOC(=O)NC(CSCC(=O)c1ccc(OC)c(OC)c1)C(=O)O. The van der Waals surface area contributed by atoms with Crippen LogP contribution in [-0.4, -0.2) is 61.3 Å². The van der Waals surface area contributed by atoms with Crippen LogP contribution in [-0.2, 0) is 9.53 Å². The van der Waals surface area contributed by atoms with Crippen LogP contribution in [0.2, 0.25) is 0 Å². The zero-order valence-corrected chi connectivity index (χ0v) is 16.5. The summed E-state index contributed by atoms with van der Waals surface area (Å²) in [7, 11) is 2.98. The highest BCUT2D eigenvalue weighted by Gasteiger charge is 2.21. The quantitative estimate of drug-likeness (QED) is 0.408. The number of rotatable bonds is 12. The zero-order valence-electron chi connectivity index (χ0n) is 15.6. The molecule has 0 aliphatic heterocycles. The van der Waals surface area contributed by atoms with Gasteiger partial charge in [-0.05, 0) is 24.6 Å². The molecule has 0 radical (unpaired) electrons. The second-order valence-corrected chi connectivity index (χ2v) is 6.56. The largest absolute Gasteiger partial charge is 0.493 e. The van der Waals surface area contributed by atoms with Crippen molar-refractivity contribution in [2.75, 3.05) is 32.3 Å². The van der Waals surface area contributed by atoms with Crippen molar-refractivity contribution < 1.29 is 33.7 Å². The van der Waals surface area contributed by atoms with Crippen LogP contribution in [0.25, 0.3) is 0 Å². The maximum absolute atomic E-state index is 12.3. The van der Waals surface area contributed by atoms with Crippen molar-refractivity contribution in [3.05, 3.63) is 23.8 Å². The molecule has 1 amide bonds. The van der Waals surface area contributed by atoms with Crippen molar-refractivity contribution in [2.45, 2.75) is 25.8 Å². The number of alkyl carbamates (subject to hydrolysis) is 1. The highest BCUT2D eigenvalue weighted by Crippen LogP contribution is 2.28. The van der Waals surface area contributed by atoms with Gasteiger partial charge in [-0.1, -0.05) is 13.3 Å². The lowest BCUT2D eigenvalue weighted by atomic mass is 10.1. The number of Topliss-reactive ketones (excluding diaryl/α,β-unsaturated/α-hetero) is 1. The summed E-state index contributed by atoms with van der Waals surface area (Å²) in [6.45, 7) is 2.19. The van der Waals surface area contributed by atoms with Crippen molar-refractivity contribution in [3.8, 4) is 11.5 Å². The summed E-state index contributed by atoms with van der Waals surface area (Å²) in [4.78, 5) is 35.1. The monoisotopic (exact) mass is 399 g/mol. The number of carboxylic acids is 1. The summed E-state index contributed by atoms with van der Waals surface area (Å²) in [6.07, 6.45) is 0.798. The van der Waals surface area contributed by atoms with Crippen LogP contribution in [0, 0.1) is 0 Å². The molecule has 0 spiro atoms. The van der Waals surface area contributed by atoms with Gasteiger partial charge in [0, 0.05) is 11.3 Å². The summed E-state index contributed by atoms with van der Waals surface area (Å²) in [5, 5.41) is 11.5. The molecule has 0 heterocycles. The Labute approximate surface area is 162 Å². The number of unbranched alkanes of at least 4 members (excludes halogenated alkanes) is 1. The first-order valence-corrected chi connectivity index (χ1v) is 9.57. The first kappa shape index (κ1) is 22.6. The highest BCUT2D eigenvalue weighted by atomic mass is 32.2. The number of carbonyl (C=O) groups is 3. The van der Waals surface area contributed by atoms with Crippen molar-refractivity contribution >= 4 is 29.6 Å². The molecule has 0 aliphatic carbocycles. The lowest BCUT2D eigenvalue weighted by Gasteiger charge is -2.14. The van der Waals surface area contributed by atoms with E-state index in [1.807, 2.05) is 6.92 Å².